The first-order valence-electron chi connectivity index (χ1n) is 5.78. The van der Waals surface area contributed by atoms with Crippen LogP contribution in [0.25, 0.3) is 10.2 Å². The Morgan fingerprint density at radius 2 is 2.11 bits per heavy atom. The fourth-order valence-electron chi connectivity index (χ4n) is 1.95. The van der Waals surface area contributed by atoms with E-state index in [4.69, 9.17) is 5.73 Å². The highest BCUT2D eigenvalue weighted by molar-refractivity contribution is 7.18. The first-order chi connectivity index (χ1) is 8.72. The van der Waals surface area contributed by atoms with Crippen molar-refractivity contribution in [2.75, 3.05) is 5.73 Å². The van der Waals surface area contributed by atoms with E-state index >= 15 is 0 Å². The second-order valence-electron chi connectivity index (χ2n) is 4.28. The van der Waals surface area contributed by atoms with Gasteiger partial charge in [0.25, 0.3) is 0 Å². The van der Waals surface area contributed by atoms with Crippen molar-refractivity contribution in [2.45, 2.75) is 13.3 Å². The van der Waals surface area contributed by atoms with E-state index in [2.05, 4.69) is 16.0 Å². The summed E-state index contributed by atoms with van der Waals surface area (Å²) in [4.78, 5) is 9.00. The number of pyridine rings is 1. The normalized spacial score (nSPS) is 10.9. The Kier molecular flexibility index (Phi) is 2.72. The van der Waals surface area contributed by atoms with Crippen LogP contribution < -0.4 is 5.73 Å². The average Bonchev–Trinajstić information content (AvgIpc) is 2.75. The number of hydrogen-bond donors (Lipinski definition) is 1. The highest BCUT2D eigenvalue weighted by atomic mass is 32.1. The van der Waals surface area contributed by atoms with E-state index in [1.54, 1.807) is 17.5 Å². The van der Waals surface area contributed by atoms with Crippen molar-refractivity contribution in [1.82, 2.24) is 9.97 Å². The lowest BCUT2D eigenvalue weighted by Gasteiger charge is -2.03. The zero-order valence-corrected chi connectivity index (χ0v) is 10.9. The van der Waals surface area contributed by atoms with Crippen LogP contribution >= 0.6 is 11.3 Å². The molecule has 0 aliphatic carbocycles. The summed E-state index contributed by atoms with van der Waals surface area (Å²) in [5.41, 5.74) is 9.64. The number of para-hydroxylation sites is 1. The van der Waals surface area contributed by atoms with Gasteiger partial charge in [-0.05, 0) is 30.7 Å². The van der Waals surface area contributed by atoms with Crippen LogP contribution in [-0.4, -0.2) is 9.97 Å². The van der Waals surface area contributed by atoms with Crippen LogP contribution in [0.15, 0.2) is 36.5 Å². The molecule has 0 bridgehead atoms. The van der Waals surface area contributed by atoms with Crippen LogP contribution in [0.4, 0.5) is 5.69 Å². The van der Waals surface area contributed by atoms with Crippen molar-refractivity contribution in [3.05, 3.63) is 52.8 Å². The molecule has 0 saturated heterocycles. The molecule has 3 nitrogen and oxygen atoms in total. The molecule has 18 heavy (non-hydrogen) atoms. The molecule has 2 N–H and O–H groups in total. The van der Waals surface area contributed by atoms with Crippen LogP contribution in [0.5, 0.6) is 0 Å². The molecule has 1 aromatic carbocycles. The molecule has 0 fully saturated rings. The second kappa shape index (κ2) is 4.38. The highest BCUT2D eigenvalue weighted by Crippen LogP contribution is 2.24. The van der Waals surface area contributed by atoms with Crippen LogP contribution in [0.1, 0.15) is 16.3 Å². The maximum Gasteiger partial charge on any atom is 0.0998 e. The van der Waals surface area contributed by atoms with E-state index in [0.717, 1.165) is 28.2 Å². The van der Waals surface area contributed by atoms with Crippen molar-refractivity contribution in [1.29, 1.82) is 0 Å². The summed E-state index contributed by atoms with van der Waals surface area (Å²) in [5.74, 6) is 0. The lowest BCUT2D eigenvalue weighted by molar-refractivity contribution is 1.03. The Morgan fingerprint density at radius 1 is 1.28 bits per heavy atom. The zero-order chi connectivity index (χ0) is 12.5. The Labute approximate surface area is 109 Å². The Hall–Kier alpha value is -1.94. The number of nitrogen functional groups attached to an aromatic ring is 1. The third-order valence-corrected chi connectivity index (χ3v) is 3.90. The first kappa shape index (κ1) is 11.2. The van der Waals surface area contributed by atoms with Gasteiger partial charge in [-0.2, -0.15) is 0 Å². The Bertz CT molecular complexity index is 670. The number of nitrogens with two attached hydrogens (primary N) is 1. The van der Waals surface area contributed by atoms with Gasteiger partial charge in [-0.15, -0.1) is 11.3 Å². The number of benzene rings is 1. The van der Waals surface area contributed by atoms with Gasteiger partial charge in [-0.3, -0.25) is 4.98 Å². The number of anilines is 1. The monoisotopic (exact) mass is 255 g/mol. The van der Waals surface area contributed by atoms with Crippen LogP contribution in [-0.2, 0) is 6.42 Å². The topological polar surface area (TPSA) is 51.8 Å². The summed E-state index contributed by atoms with van der Waals surface area (Å²) in [7, 11) is 0. The van der Waals surface area contributed by atoms with Crippen molar-refractivity contribution in [2.24, 2.45) is 0 Å². The average molecular weight is 255 g/mol. The molecule has 3 aromatic rings. The molecule has 0 saturated carbocycles. The lowest BCUT2D eigenvalue weighted by Crippen LogP contribution is -1.97. The number of fused-ring (bicyclic) bond motifs is 1. The molecule has 4 heteroatoms. The first-order valence-corrected chi connectivity index (χ1v) is 6.59. The number of rotatable bonds is 2. The molecule has 0 aliphatic rings. The van der Waals surface area contributed by atoms with Crippen molar-refractivity contribution >= 4 is 27.2 Å². The van der Waals surface area contributed by atoms with Gasteiger partial charge in [0.1, 0.15) is 0 Å². The maximum atomic E-state index is 5.71. The quantitative estimate of drug-likeness (QED) is 0.765. The number of hydrogen-bond acceptors (Lipinski definition) is 4. The molecule has 0 atom stereocenters. The minimum absolute atomic E-state index is 0.709. The van der Waals surface area contributed by atoms with Crippen LogP contribution in [0.2, 0.25) is 0 Å². The maximum absolute atomic E-state index is 5.71. The van der Waals surface area contributed by atoms with E-state index in [0.29, 0.717) is 5.69 Å². The predicted molar refractivity (Wildman–Crippen MR) is 75.8 cm³/mol. The fraction of sp³-hybridized carbons (Fsp3) is 0.143. The molecule has 2 heterocycles. The summed E-state index contributed by atoms with van der Waals surface area (Å²) >= 11 is 1.72. The Morgan fingerprint density at radius 3 is 2.89 bits per heavy atom. The van der Waals surface area contributed by atoms with Crippen molar-refractivity contribution in [3.63, 3.8) is 0 Å². The largest absolute Gasteiger partial charge is 0.397 e. The fourth-order valence-corrected chi connectivity index (χ4v) is 2.92. The molecule has 90 valence electrons. The number of aryl methyl sites for hydroxylation is 1. The third-order valence-electron chi connectivity index (χ3n) is 2.86. The highest BCUT2D eigenvalue weighted by Gasteiger charge is 2.07. The standard InChI is InChI=1S/C14H13N3S/c1-9-6-10(15)8-16-12(9)7-14-17-11-4-2-3-5-13(11)18-14/h2-6,8H,7,15H2,1H3. The molecule has 3 rings (SSSR count). The molecule has 0 amide bonds. The van der Waals surface area contributed by atoms with Gasteiger partial charge in [-0.1, -0.05) is 12.1 Å². The SMILES string of the molecule is Cc1cc(N)cnc1Cc1nc2ccccc2s1. The molecular weight excluding hydrogens is 242 g/mol. The van der Waals surface area contributed by atoms with Crippen molar-refractivity contribution in [3.8, 4) is 0 Å². The van der Waals surface area contributed by atoms with Gasteiger partial charge in [0.05, 0.1) is 32.8 Å². The molecule has 0 aliphatic heterocycles. The van der Waals surface area contributed by atoms with Gasteiger partial charge < -0.3 is 5.73 Å². The van der Waals surface area contributed by atoms with Crippen molar-refractivity contribution < 1.29 is 0 Å². The van der Waals surface area contributed by atoms with Gasteiger partial charge in [0.2, 0.25) is 0 Å². The molecule has 0 radical (unpaired) electrons. The molecule has 0 spiro atoms. The second-order valence-corrected chi connectivity index (χ2v) is 5.40. The van der Waals surface area contributed by atoms with E-state index in [-0.39, 0.29) is 0 Å². The lowest BCUT2D eigenvalue weighted by atomic mass is 10.1. The molecular formula is C14H13N3S. The van der Waals surface area contributed by atoms with Gasteiger partial charge >= 0.3 is 0 Å². The summed E-state index contributed by atoms with van der Waals surface area (Å²) in [6.07, 6.45) is 2.47. The van der Waals surface area contributed by atoms with Crippen LogP contribution in [0, 0.1) is 6.92 Å². The Balaban J connectivity index is 1.96. The third kappa shape index (κ3) is 2.07. The summed E-state index contributed by atoms with van der Waals surface area (Å²) in [6, 6.07) is 10.1. The molecule has 2 aromatic heterocycles. The predicted octanol–water partition coefficient (Wildman–Crippen LogP) is 3.17. The number of aromatic nitrogens is 2. The van der Waals surface area contributed by atoms with E-state index in [1.165, 1.54) is 4.70 Å². The number of thiazole rings is 1. The zero-order valence-electron chi connectivity index (χ0n) is 10.1. The minimum atomic E-state index is 0.709. The summed E-state index contributed by atoms with van der Waals surface area (Å²) in [5, 5.41) is 1.09. The van der Waals surface area contributed by atoms with Gasteiger partial charge in [-0.25, -0.2) is 4.98 Å². The van der Waals surface area contributed by atoms with E-state index < -0.39 is 0 Å². The van der Waals surface area contributed by atoms with Gasteiger partial charge in [0.15, 0.2) is 0 Å². The number of nitrogens with zero attached hydrogens (tertiary/aromatic N) is 2. The smallest absolute Gasteiger partial charge is 0.0998 e. The summed E-state index contributed by atoms with van der Waals surface area (Å²) in [6.45, 7) is 2.03. The summed E-state index contributed by atoms with van der Waals surface area (Å²) < 4.78 is 1.22. The molecule has 0 unspecified atom stereocenters. The van der Waals surface area contributed by atoms with Gasteiger partial charge in [0, 0.05) is 6.42 Å². The van der Waals surface area contributed by atoms with E-state index in [1.807, 2.05) is 31.2 Å². The van der Waals surface area contributed by atoms with E-state index in [9.17, 15) is 0 Å². The minimum Gasteiger partial charge on any atom is -0.397 e. The van der Waals surface area contributed by atoms with Crippen LogP contribution in [0.3, 0.4) is 0 Å².